The average Bonchev–Trinajstić information content (AvgIpc) is 3.38. The largest absolute Gasteiger partial charge is 0.494 e. The van der Waals surface area contributed by atoms with E-state index in [0.29, 0.717) is 29.9 Å². The Bertz CT molecular complexity index is 1630. The molecule has 0 spiro atoms. The lowest BCUT2D eigenvalue weighted by Crippen LogP contribution is -2.50. The lowest BCUT2D eigenvalue weighted by molar-refractivity contribution is -0.129. The van der Waals surface area contributed by atoms with Gasteiger partial charge in [-0.2, -0.15) is 0 Å². The van der Waals surface area contributed by atoms with Crippen molar-refractivity contribution in [2.75, 3.05) is 13.2 Å². The van der Waals surface area contributed by atoms with Crippen LogP contribution in [0.25, 0.3) is 0 Å². The quantitative estimate of drug-likeness (QED) is 0.163. The molecule has 0 fully saturated rings. The van der Waals surface area contributed by atoms with Gasteiger partial charge >= 0.3 is 0 Å². The second-order valence-electron chi connectivity index (χ2n) is 10.00. The smallest absolute Gasteiger partial charge is 0.252 e. The van der Waals surface area contributed by atoms with E-state index in [9.17, 15) is 13.6 Å². The molecule has 0 bridgehead atoms. The lowest BCUT2D eigenvalue weighted by atomic mass is 9.82. The maximum Gasteiger partial charge on any atom is 0.252 e. The molecule has 0 radical (unpaired) electrons. The van der Waals surface area contributed by atoms with E-state index in [2.05, 4.69) is 37.2 Å². The Balaban J connectivity index is 1.58. The molecule has 0 aliphatic carbocycles. The number of carbonyl (C=O) groups excluding carboxylic acids is 1. The monoisotopic (exact) mass is 712 g/mol. The Morgan fingerprint density at radius 1 is 0.953 bits per heavy atom. The number of carbonyl (C=O) groups is 1. The molecule has 0 aromatic heterocycles. The number of rotatable bonds is 11. The van der Waals surface area contributed by atoms with Gasteiger partial charge in [0.25, 0.3) is 5.91 Å². The molecule has 5 rings (SSSR count). The van der Waals surface area contributed by atoms with Crippen LogP contribution in [0.15, 0.2) is 105 Å². The topological polar surface area (TPSA) is 80.2 Å². The summed E-state index contributed by atoms with van der Waals surface area (Å²) in [6.45, 7) is 0.242. The summed E-state index contributed by atoms with van der Waals surface area (Å²) in [5.74, 6) is -1.05. The van der Waals surface area contributed by atoms with Crippen LogP contribution in [0.2, 0.25) is 0 Å². The van der Waals surface area contributed by atoms with Crippen LogP contribution in [0.4, 0.5) is 8.78 Å². The summed E-state index contributed by atoms with van der Waals surface area (Å²) < 4.78 is 41.8. The maximum atomic E-state index is 14.5. The van der Waals surface area contributed by atoms with Gasteiger partial charge in [-0.3, -0.25) is 4.79 Å². The molecule has 43 heavy (non-hydrogen) atoms. The van der Waals surface area contributed by atoms with Gasteiger partial charge in [0.15, 0.2) is 11.6 Å². The van der Waals surface area contributed by atoms with E-state index in [-0.39, 0.29) is 31.0 Å². The average molecular weight is 714 g/mol. The zero-order valence-electron chi connectivity index (χ0n) is 22.9. The van der Waals surface area contributed by atoms with Gasteiger partial charge in [0, 0.05) is 57.7 Å². The number of aliphatic hydroxyl groups is 1. The fourth-order valence-corrected chi connectivity index (χ4v) is 5.79. The van der Waals surface area contributed by atoms with Crippen LogP contribution in [0.3, 0.4) is 0 Å². The highest BCUT2D eigenvalue weighted by Crippen LogP contribution is 2.45. The van der Waals surface area contributed by atoms with Crippen LogP contribution in [0.5, 0.6) is 5.75 Å². The molecule has 1 heterocycles. The SMILES string of the molecule is O=C(NCc1ccc(F)cc1F)[C@]1(Cc2ccccc2Br)N=C(c2ccc(OCCCO)cc2)O[C@@H]1c1ccccc1Br. The van der Waals surface area contributed by atoms with Gasteiger partial charge in [-0.25, -0.2) is 13.8 Å². The molecule has 0 saturated carbocycles. The molecule has 10 heteroatoms. The van der Waals surface area contributed by atoms with Crippen molar-refractivity contribution >= 4 is 43.7 Å². The number of hydrogen-bond donors (Lipinski definition) is 2. The van der Waals surface area contributed by atoms with Crippen LogP contribution in [-0.4, -0.2) is 35.7 Å². The van der Waals surface area contributed by atoms with Gasteiger partial charge in [0.05, 0.1) is 6.61 Å². The van der Waals surface area contributed by atoms with Crippen LogP contribution >= 0.6 is 31.9 Å². The Kier molecular flexibility index (Phi) is 9.90. The number of amides is 1. The lowest BCUT2D eigenvalue weighted by Gasteiger charge is -2.31. The Morgan fingerprint density at radius 2 is 1.67 bits per heavy atom. The van der Waals surface area contributed by atoms with E-state index >= 15 is 0 Å². The first-order chi connectivity index (χ1) is 20.8. The number of nitrogens with one attached hydrogen (secondary N) is 1. The van der Waals surface area contributed by atoms with Crippen LogP contribution < -0.4 is 10.1 Å². The van der Waals surface area contributed by atoms with E-state index in [1.165, 1.54) is 6.07 Å². The van der Waals surface area contributed by atoms with E-state index in [4.69, 9.17) is 19.6 Å². The van der Waals surface area contributed by atoms with Crippen molar-refractivity contribution in [2.45, 2.75) is 31.0 Å². The van der Waals surface area contributed by atoms with E-state index in [1.54, 1.807) is 24.3 Å². The maximum absolute atomic E-state index is 14.5. The third-order valence-corrected chi connectivity index (χ3v) is 8.59. The molecule has 0 unspecified atom stereocenters. The molecule has 4 aromatic rings. The van der Waals surface area contributed by atoms with E-state index in [1.807, 2.05) is 48.5 Å². The molecular weight excluding hydrogens is 686 g/mol. The first-order valence-electron chi connectivity index (χ1n) is 13.6. The number of halogens is 4. The van der Waals surface area contributed by atoms with Crippen LogP contribution in [0.1, 0.15) is 34.8 Å². The molecule has 6 nitrogen and oxygen atoms in total. The predicted molar refractivity (Wildman–Crippen MR) is 167 cm³/mol. The fourth-order valence-electron chi connectivity index (χ4n) is 4.87. The molecule has 2 N–H and O–H groups in total. The zero-order chi connectivity index (χ0) is 30.4. The van der Waals surface area contributed by atoms with Crippen molar-refractivity contribution in [3.63, 3.8) is 0 Å². The fraction of sp³-hybridized carbons (Fsp3) is 0.212. The summed E-state index contributed by atoms with van der Waals surface area (Å²) in [7, 11) is 0. The molecule has 222 valence electrons. The molecular formula is C33H28Br2F2N2O4. The van der Waals surface area contributed by atoms with Crippen LogP contribution in [-0.2, 0) is 22.5 Å². The molecule has 1 aliphatic rings. The molecule has 4 aromatic carbocycles. The summed E-state index contributed by atoms with van der Waals surface area (Å²) >= 11 is 7.23. The van der Waals surface area contributed by atoms with Crippen LogP contribution in [0, 0.1) is 11.6 Å². The third kappa shape index (κ3) is 6.98. The van der Waals surface area contributed by atoms with E-state index in [0.717, 1.165) is 26.6 Å². The second-order valence-corrected chi connectivity index (χ2v) is 11.7. The van der Waals surface area contributed by atoms with Crippen molar-refractivity contribution < 1.29 is 28.2 Å². The number of aliphatic hydroxyl groups excluding tert-OH is 1. The number of nitrogens with zero attached hydrogens (tertiary/aromatic N) is 1. The molecule has 2 atom stereocenters. The van der Waals surface area contributed by atoms with Gasteiger partial charge in [-0.05, 0) is 48.0 Å². The number of ether oxygens (including phenoxy) is 2. The molecule has 0 saturated heterocycles. The van der Waals surface area contributed by atoms with Gasteiger partial charge < -0.3 is 19.9 Å². The summed E-state index contributed by atoms with van der Waals surface area (Å²) in [5.41, 5.74) is 0.806. The Hall–Kier alpha value is -3.60. The summed E-state index contributed by atoms with van der Waals surface area (Å²) in [6, 6.07) is 25.4. The Labute approximate surface area is 265 Å². The summed E-state index contributed by atoms with van der Waals surface area (Å²) in [6.07, 6.45) is -0.187. The van der Waals surface area contributed by atoms with Crippen molar-refractivity contribution in [1.82, 2.24) is 5.32 Å². The zero-order valence-corrected chi connectivity index (χ0v) is 26.1. The number of aliphatic imine (C=N–C) groups is 1. The third-order valence-electron chi connectivity index (χ3n) is 7.09. The first-order valence-corrected chi connectivity index (χ1v) is 15.2. The predicted octanol–water partition coefficient (Wildman–Crippen LogP) is 7.07. The van der Waals surface area contributed by atoms with Gasteiger partial charge in [-0.1, -0.05) is 74.3 Å². The van der Waals surface area contributed by atoms with Crippen molar-refractivity contribution in [3.05, 3.63) is 134 Å². The number of benzene rings is 4. The minimum absolute atomic E-state index is 0.0363. The van der Waals surface area contributed by atoms with Crippen molar-refractivity contribution in [1.29, 1.82) is 0 Å². The highest BCUT2D eigenvalue weighted by Gasteiger charge is 2.54. The second kappa shape index (κ2) is 13.8. The minimum Gasteiger partial charge on any atom is -0.494 e. The Morgan fingerprint density at radius 3 is 2.37 bits per heavy atom. The van der Waals surface area contributed by atoms with Gasteiger partial charge in [0.1, 0.15) is 17.4 Å². The van der Waals surface area contributed by atoms with E-state index < -0.39 is 29.2 Å². The summed E-state index contributed by atoms with van der Waals surface area (Å²) in [4.78, 5) is 19.3. The standard InChI is InChI=1S/C33H28Br2F2N2O4/c34-27-8-3-1-6-22(27)19-33(32(41)38-20-23-10-13-24(36)18-29(23)37)30(26-7-2-4-9-28(26)35)43-31(39-33)21-11-14-25(15-12-21)42-17-5-16-40/h1-4,6-15,18,30,40H,5,16-17,19-20H2,(H,38,41)/t30-,33-/m1/s1. The molecule has 1 amide bonds. The minimum atomic E-state index is -1.50. The number of hydrogen-bond acceptors (Lipinski definition) is 5. The first kappa shape index (κ1) is 30.8. The van der Waals surface area contributed by atoms with Gasteiger partial charge in [-0.15, -0.1) is 0 Å². The normalized spacial score (nSPS) is 17.7. The highest BCUT2D eigenvalue weighted by atomic mass is 79.9. The molecule has 1 aliphatic heterocycles. The highest BCUT2D eigenvalue weighted by molar-refractivity contribution is 9.10. The van der Waals surface area contributed by atoms with Gasteiger partial charge in [0.2, 0.25) is 5.90 Å². The van der Waals surface area contributed by atoms with Crippen molar-refractivity contribution in [3.8, 4) is 5.75 Å². The summed E-state index contributed by atoms with van der Waals surface area (Å²) in [5, 5.41) is 11.9. The van der Waals surface area contributed by atoms with Crippen molar-refractivity contribution in [2.24, 2.45) is 4.99 Å².